The second-order valence-electron chi connectivity index (χ2n) is 5.21. The predicted octanol–water partition coefficient (Wildman–Crippen LogP) is 2.20. The van der Waals surface area contributed by atoms with Crippen LogP contribution in [0.3, 0.4) is 0 Å². The maximum absolute atomic E-state index is 4.43. The van der Waals surface area contributed by atoms with Crippen molar-refractivity contribution in [1.82, 2.24) is 20.1 Å². The summed E-state index contributed by atoms with van der Waals surface area (Å²) in [6, 6.07) is 10.9. The molecule has 4 nitrogen and oxygen atoms in total. The first-order valence-corrected chi connectivity index (χ1v) is 7.16. The molecule has 1 aromatic carbocycles. The molecular formula is C16H20N4. The highest BCUT2D eigenvalue weighted by atomic mass is 15.4. The van der Waals surface area contributed by atoms with Gasteiger partial charge in [0, 0.05) is 19.0 Å². The number of hydrogen-bond donors (Lipinski definition) is 1. The van der Waals surface area contributed by atoms with Crippen molar-refractivity contribution in [1.29, 1.82) is 0 Å². The number of nitrogens with one attached hydrogen (secondary N) is 1. The van der Waals surface area contributed by atoms with Gasteiger partial charge in [0.25, 0.3) is 0 Å². The maximum Gasteiger partial charge on any atom is 0.147 e. The zero-order valence-electron chi connectivity index (χ0n) is 11.8. The number of aryl methyl sites for hydroxylation is 2. The Morgan fingerprint density at radius 3 is 3.05 bits per heavy atom. The van der Waals surface area contributed by atoms with Crippen LogP contribution in [0.2, 0.25) is 0 Å². The maximum atomic E-state index is 4.43. The van der Waals surface area contributed by atoms with Crippen LogP contribution in [0.5, 0.6) is 0 Å². The Hall–Kier alpha value is -1.94. The highest BCUT2D eigenvalue weighted by Crippen LogP contribution is 2.12. The molecule has 0 saturated heterocycles. The lowest BCUT2D eigenvalue weighted by atomic mass is 10.1. The number of aromatic nitrogens is 3. The Labute approximate surface area is 119 Å². The van der Waals surface area contributed by atoms with E-state index in [1.54, 1.807) is 0 Å². The zero-order chi connectivity index (χ0) is 13.8. The molecule has 0 saturated carbocycles. The molecule has 1 atom stereocenters. The van der Waals surface area contributed by atoms with Gasteiger partial charge in [-0.25, -0.2) is 9.67 Å². The normalized spacial score (nSPS) is 18.4. The summed E-state index contributed by atoms with van der Waals surface area (Å²) in [5.74, 6) is 2.00. The molecule has 2 heterocycles. The van der Waals surface area contributed by atoms with Gasteiger partial charge in [0.15, 0.2) is 0 Å². The summed E-state index contributed by atoms with van der Waals surface area (Å²) in [5, 5.41) is 7.99. The standard InChI is InChI=1S/C16H20N4/c1-13-18-16-10-9-15(12-20(16)19-13)17-11-5-8-14-6-3-2-4-7-14/h2-8,15,17H,9-12H2,1H3. The summed E-state index contributed by atoms with van der Waals surface area (Å²) < 4.78 is 2.04. The number of nitrogens with zero attached hydrogens (tertiary/aromatic N) is 3. The van der Waals surface area contributed by atoms with Crippen LogP contribution in [0, 0.1) is 6.92 Å². The van der Waals surface area contributed by atoms with Gasteiger partial charge >= 0.3 is 0 Å². The van der Waals surface area contributed by atoms with Gasteiger partial charge in [-0.3, -0.25) is 0 Å². The minimum atomic E-state index is 0.490. The molecule has 1 aliphatic rings. The second-order valence-corrected chi connectivity index (χ2v) is 5.21. The number of fused-ring (bicyclic) bond motifs is 1. The Kier molecular flexibility index (Phi) is 3.92. The van der Waals surface area contributed by atoms with Crippen LogP contribution in [0.25, 0.3) is 6.08 Å². The lowest BCUT2D eigenvalue weighted by Crippen LogP contribution is -2.37. The Morgan fingerprint density at radius 1 is 1.35 bits per heavy atom. The van der Waals surface area contributed by atoms with Crippen LogP contribution in [0.15, 0.2) is 36.4 Å². The predicted molar refractivity (Wildman–Crippen MR) is 80.3 cm³/mol. The fourth-order valence-corrected chi connectivity index (χ4v) is 2.59. The average molecular weight is 268 g/mol. The monoisotopic (exact) mass is 268 g/mol. The van der Waals surface area contributed by atoms with Crippen molar-refractivity contribution in [3.8, 4) is 0 Å². The fourth-order valence-electron chi connectivity index (χ4n) is 2.59. The number of rotatable bonds is 4. The third-order valence-electron chi connectivity index (χ3n) is 3.60. The van der Waals surface area contributed by atoms with Crippen LogP contribution in [0.4, 0.5) is 0 Å². The van der Waals surface area contributed by atoms with E-state index in [4.69, 9.17) is 0 Å². The van der Waals surface area contributed by atoms with Crippen LogP contribution in [-0.4, -0.2) is 27.4 Å². The van der Waals surface area contributed by atoms with Gasteiger partial charge in [0.1, 0.15) is 11.6 Å². The quantitative estimate of drug-likeness (QED) is 0.924. The molecule has 20 heavy (non-hydrogen) atoms. The van der Waals surface area contributed by atoms with Crippen LogP contribution < -0.4 is 5.32 Å². The first kappa shape index (κ1) is 13.1. The van der Waals surface area contributed by atoms with E-state index >= 15 is 0 Å². The Morgan fingerprint density at radius 2 is 2.20 bits per heavy atom. The van der Waals surface area contributed by atoms with Crippen LogP contribution in [-0.2, 0) is 13.0 Å². The van der Waals surface area contributed by atoms with Gasteiger partial charge < -0.3 is 5.32 Å². The minimum absolute atomic E-state index is 0.490. The molecule has 1 aliphatic heterocycles. The zero-order valence-corrected chi connectivity index (χ0v) is 11.8. The highest BCUT2D eigenvalue weighted by molar-refractivity contribution is 5.48. The molecule has 1 N–H and O–H groups in total. The third kappa shape index (κ3) is 3.14. The Bertz CT molecular complexity index is 586. The first-order chi connectivity index (χ1) is 9.81. The molecule has 3 rings (SSSR count). The Balaban J connectivity index is 1.49. The van der Waals surface area contributed by atoms with E-state index in [0.717, 1.165) is 37.6 Å². The summed E-state index contributed by atoms with van der Waals surface area (Å²) in [7, 11) is 0. The first-order valence-electron chi connectivity index (χ1n) is 7.16. The summed E-state index contributed by atoms with van der Waals surface area (Å²) >= 11 is 0. The smallest absolute Gasteiger partial charge is 0.147 e. The average Bonchev–Trinajstić information content (AvgIpc) is 2.84. The number of benzene rings is 1. The SMILES string of the molecule is Cc1nc2n(n1)CC(NCC=Cc1ccccc1)CC2. The minimum Gasteiger partial charge on any atom is -0.309 e. The molecule has 0 fully saturated rings. The molecule has 104 valence electrons. The van der Waals surface area contributed by atoms with E-state index in [2.05, 4.69) is 51.8 Å². The molecule has 0 spiro atoms. The van der Waals surface area contributed by atoms with Crippen LogP contribution in [0.1, 0.15) is 23.6 Å². The summed E-state index contributed by atoms with van der Waals surface area (Å²) in [4.78, 5) is 4.43. The van der Waals surface area contributed by atoms with Gasteiger partial charge in [0.05, 0.1) is 6.54 Å². The lowest BCUT2D eigenvalue weighted by Gasteiger charge is -2.22. The molecule has 2 aromatic rings. The fraction of sp³-hybridized carbons (Fsp3) is 0.375. The molecule has 4 heteroatoms. The molecule has 1 aromatic heterocycles. The van der Waals surface area contributed by atoms with Crippen molar-refractivity contribution >= 4 is 6.08 Å². The van der Waals surface area contributed by atoms with Crippen molar-refractivity contribution in [3.05, 3.63) is 53.6 Å². The molecule has 0 amide bonds. The van der Waals surface area contributed by atoms with Gasteiger partial charge in [-0.2, -0.15) is 5.10 Å². The molecule has 1 unspecified atom stereocenters. The van der Waals surface area contributed by atoms with Crippen molar-refractivity contribution < 1.29 is 0 Å². The molecule has 0 aliphatic carbocycles. The largest absolute Gasteiger partial charge is 0.309 e. The van der Waals surface area contributed by atoms with Gasteiger partial charge in [0.2, 0.25) is 0 Å². The second kappa shape index (κ2) is 6.01. The van der Waals surface area contributed by atoms with E-state index in [1.165, 1.54) is 5.56 Å². The van der Waals surface area contributed by atoms with E-state index in [1.807, 2.05) is 17.7 Å². The van der Waals surface area contributed by atoms with E-state index in [-0.39, 0.29) is 0 Å². The van der Waals surface area contributed by atoms with Gasteiger partial charge in [-0.05, 0) is 18.9 Å². The molecule has 0 bridgehead atoms. The lowest BCUT2D eigenvalue weighted by molar-refractivity contribution is 0.369. The van der Waals surface area contributed by atoms with E-state index in [9.17, 15) is 0 Å². The van der Waals surface area contributed by atoms with Crippen molar-refractivity contribution in [2.45, 2.75) is 32.4 Å². The van der Waals surface area contributed by atoms with Crippen molar-refractivity contribution in [2.24, 2.45) is 0 Å². The molecular weight excluding hydrogens is 248 g/mol. The summed E-state index contributed by atoms with van der Waals surface area (Å²) in [5.41, 5.74) is 1.24. The van der Waals surface area contributed by atoms with Crippen molar-refractivity contribution in [2.75, 3.05) is 6.54 Å². The summed E-state index contributed by atoms with van der Waals surface area (Å²) in [6.45, 7) is 3.77. The third-order valence-corrected chi connectivity index (χ3v) is 3.60. The van der Waals surface area contributed by atoms with Gasteiger partial charge in [-0.1, -0.05) is 42.5 Å². The topological polar surface area (TPSA) is 42.7 Å². The van der Waals surface area contributed by atoms with Gasteiger partial charge in [-0.15, -0.1) is 0 Å². The van der Waals surface area contributed by atoms with E-state index < -0.39 is 0 Å². The highest BCUT2D eigenvalue weighted by Gasteiger charge is 2.19. The van der Waals surface area contributed by atoms with Crippen LogP contribution >= 0.6 is 0 Å². The summed E-state index contributed by atoms with van der Waals surface area (Å²) in [6.07, 6.45) is 6.48. The van der Waals surface area contributed by atoms with E-state index in [0.29, 0.717) is 6.04 Å². The molecule has 0 radical (unpaired) electrons. The van der Waals surface area contributed by atoms with Crippen molar-refractivity contribution in [3.63, 3.8) is 0 Å². The number of hydrogen-bond acceptors (Lipinski definition) is 3.